The van der Waals surface area contributed by atoms with Gasteiger partial charge in [0.25, 0.3) is 5.97 Å². The van der Waals surface area contributed by atoms with Gasteiger partial charge < -0.3 is 10.2 Å². The molecule has 0 fully saturated rings. The van der Waals surface area contributed by atoms with Gasteiger partial charge in [0.05, 0.1) is 6.10 Å². The zero-order chi connectivity index (χ0) is 13.1. The van der Waals surface area contributed by atoms with Crippen LogP contribution >= 0.6 is 0 Å². The molecule has 1 unspecified atom stereocenters. The van der Waals surface area contributed by atoms with E-state index in [0.717, 1.165) is 19.8 Å². The summed E-state index contributed by atoms with van der Waals surface area (Å²) in [5.74, 6) is -0.833. The van der Waals surface area contributed by atoms with Crippen molar-refractivity contribution in [1.29, 1.82) is 0 Å². The Morgan fingerprint density at radius 1 is 1.25 bits per heavy atom. The van der Waals surface area contributed by atoms with Gasteiger partial charge in [-0.1, -0.05) is 23.3 Å². The van der Waals surface area contributed by atoms with Crippen molar-refractivity contribution < 1.29 is 15.0 Å². The average Bonchev–Trinajstić information content (AvgIpc) is 1.99. The molecule has 0 amide bonds. The van der Waals surface area contributed by atoms with Gasteiger partial charge in [-0.15, -0.1) is 0 Å². The average molecular weight is 228 g/mol. The zero-order valence-corrected chi connectivity index (χ0v) is 10.9. The van der Waals surface area contributed by atoms with Crippen LogP contribution in [-0.2, 0) is 4.79 Å². The van der Waals surface area contributed by atoms with E-state index in [1.807, 2.05) is 6.08 Å². The third kappa shape index (κ3) is 23.1. The predicted molar refractivity (Wildman–Crippen MR) is 67.4 cm³/mol. The van der Waals surface area contributed by atoms with E-state index in [2.05, 4.69) is 26.8 Å². The Labute approximate surface area is 98.5 Å². The molecule has 1 atom stereocenters. The number of carboxylic acid groups (broad SMARTS) is 1. The highest BCUT2D eigenvalue weighted by molar-refractivity contribution is 5.62. The summed E-state index contributed by atoms with van der Waals surface area (Å²) in [6, 6.07) is 0. The lowest BCUT2D eigenvalue weighted by Gasteiger charge is -2.00. The van der Waals surface area contributed by atoms with Crippen molar-refractivity contribution >= 4 is 5.97 Å². The molecule has 0 aromatic rings. The predicted octanol–water partition coefficient (Wildman–Crippen LogP) is 3.15. The quantitative estimate of drug-likeness (QED) is 0.727. The lowest BCUT2D eigenvalue weighted by Crippen LogP contribution is -1.94. The number of allylic oxidation sites excluding steroid dienone is 3. The third-order valence-corrected chi connectivity index (χ3v) is 1.62. The van der Waals surface area contributed by atoms with Crippen molar-refractivity contribution in [2.24, 2.45) is 0 Å². The number of carbonyl (C=O) groups is 1. The Morgan fingerprint density at radius 3 is 2.00 bits per heavy atom. The fourth-order valence-corrected chi connectivity index (χ4v) is 1.08. The molecule has 0 radical (unpaired) electrons. The van der Waals surface area contributed by atoms with E-state index < -0.39 is 5.97 Å². The summed E-state index contributed by atoms with van der Waals surface area (Å²) in [6.45, 7) is 9.14. The molecule has 0 heterocycles. The lowest BCUT2D eigenvalue weighted by atomic mass is 10.1. The van der Waals surface area contributed by atoms with Crippen LogP contribution in [0, 0.1) is 0 Å². The highest BCUT2D eigenvalue weighted by Crippen LogP contribution is 2.07. The summed E-state index contributed by atoms with van der Waals surface area (Å²) in [6.07, 6.45) is 5.95. The van der Waals surface area contributed by atoms with E-state index in [0.29, 0.717) is 0 Å². The number of hydrogen-bond donors (Lipinski definition) is 2. The second kappa shape index (κ2) is 10.4. The maximum Gasteiger partial charge on any atom is 0.300 e. The maximum absolute atomic E-state index is 9.04. The molecule has 3 nitrogen and oxygen atoms in total. The summed E-state index contributed by atoms with van der Waals surface area (Å²) >= 11 is 0. The van der Waals surface area contributed by atoms with Gasteiger partial charge >= 0.3 is 0 Å². The first-order valence-electron chi connectivity index (χ1n) is 5.44. The summed E-state index contributed by atoms with van der Waals surface area (Å²) in [5, 5.41) is 16.5. The van der Waals surface area contributed by atoms with Crippen LogP contribution in [0.3, 0.4) is 0 Å². The fraction of sp³-hybridized carbons (Fsp3) is 0.615. The first kappa shape index (κ1) is 17.3. The molecule has 16 heavy (non-hydrogen) atoms. The van der Waals surface area contributed by atoms with Gasteiger partial charge in [0.2, 0.25) is 0 Å². The van der Waals surface area contributed by atoms with Gasteiger partial charge in [-0.3, -0.25) is 4.79 Å². The molecule has 0 aliphatic rings. The van der Waals surface area contributed by atoms with E-state index >= 15 is 0 Å². The fourth-order valence-electron chi connectivity index (χ4n) is 1.08. The summed E-state index contributed by atoms with van der Waals surface area (Å²) in [4.78, 5) is 9.00. The van der Waals surface area contributed by atoms with Crippen molar-refractivity contribution in [2.45, 2.75) is 53.6 Å². The Balaban J connectivity index is 0. The van der Waals surface area contributed by atoms with Gasteiger partial charge in [-0.25, -0.2) is 0 Å². The monoisotopic (exact) mass is 228 g/mol. The van der Waals surface area contributed by atoms with Crippen molar-refractivity contribution in [3.8, 4) is 0 Å². The van der Waals surface area contributed by atoms with Crippen LogP contribution in [0.1, 0.15) is 47.5 Å². The largest absolute Gasteiger partial charge is 0.481 e. The molecule has 0 aliphatic heterocycles. The lowest BCUT2D eigenvalue weighted by molar-refractivity contribution is -0.134. The van der Waals surface area contributed by atoms with Crippen molar-refractivity contribution in [2.75, 3.05) is 0 Å². The molecular weight excluding hydrogens is 204 g/mol. The molecule has 94 valence electrons. The van der Waals surface area contributed by atoms with Crippen LogP contribution in [0.4, 0.5) is 0 Å². The van der Waals surface area contributed by atoms with Crippen LogP contribution in [-0.4, -0.2) is 22.3 Å². The molecule has 0 aromatic heterocycles. The van der Waals surface area contributed by atoms with Crippen LogP contribution in [0.25, 0.3) is 0 Å². The number of carboxylic acids is 1. The van der Waals surface area contributed by atoms with E-state index in [1.165, 1.54) is 11.1 Å². The van der Waals surface area contributed by atoms with Crippen molar-refractivity contribution in [1.82, 2.24) is 0 Å². The summed E-state index contributed by atoms with van der Waals surface area (Å²) in [5.41, 5.74) is 2.63. The normalized spacial score (nSPS) is 12.2. The number of aliphatic carboxylic acids is 1. The van der Waals surface area contributed by atoms with Gasteiger partial charge in [0.15, 0.2) is 0 Å². The minimum atomic E-state index is -0.833. The summed E-state index contributed by atoms with van der Waals surface area (Å²) in [7, 11) is 0. The Hall–Kier alpha value is -1.09. The number of rotatable bonds is 4. The molecule has 0 bridgehead atoms. The van der Waals surface area contributed by atoms with Crippen LogP contribution in [0.5, 0.6) is 0 Å². The highest BCUT2D eigenvalue weighted by Gasteiger charge is 1.91. The molecule has 0 rings (SSSR count). The van der Waals surface area contributed by atoms with Crippen molar-refractivity contribution in [3.05, 3.63) is 23.3 Å². The minimum Gasteiger partial charge on any atom is -0.481 e. The van der Waals surface area contributed by atoms with E-state index in [9.17, 15) is 0 Å². The van der Waals surface area contributed by atoms with Crippen LogP contribution in [0.2, 0.25) is 0 Å². The van der Waals surface area contributed by atoms with E-state index in [1.54, 1.807) is 6.92 Å². The number of aliphatic hydroxyl groups is 1. The van der Waals surface area contributed by atoms with Gasteiger partial charge in [-0.2, -0.15) is 0 Å². The topological polar surface area (TPSA) is 57.5 Å². The standard InChI is InChI=1S/C11H20O.C2H4O2/c1-9(2)6-5-7-10(3)8-11(4)12;1-2(3)4/h6,8,11-12H,5,7H2,1-4H3;1H3,(H,3,4). The molecule has 3 heteroatoms. The third-order valence-electron chi connectivity index (χ3n) is 1.62. The van der Waals surface area contributed by atoms with Gasteiger partial charge in [0.1, 0.15) is 0 Å². The molecule has 2 N–H and O–H groups in total. The molecule has 0 aliphatic carbocycles. The Kier molecular flexibility index (Phi) is 11.3. The molecule has 0 spiro atoms. The van der Waals surface area contributed by atoms with Gasteiger partial charge in [-0.05, 0) is 40.5 Å². The molecule has 0 saturated carbocycles. The molecular formula is C13H24O3. The highest BCUT2D eigenvalue weighted by atomic mass is 16.4. The SMILES string of the molecule is CC(=O)O.CC(C)=CCCC(C)=CC(C)O. The van der Waals surface area contributed by atoms with Crippen LogP contribution < -0.4 is 0 Å². The smallest absolute Gasteiger partial charge is 0.300 e. The second-order valence-electron chi connectivity index (χ2n) is 4.09. The van der Waals surface area contributed by atoms with Crippen LogP contribution in [0.15, 0.2) is 23.3 Å². The minimum absolute atomic E-state index is 0.309. The number of aliphatic hydroxyl groups excluding tert-OH is 1. The van der Waals surface area contributed by atoms with E-state index in [-0.39, 0.29) is 6.10 Å². The molecule has 0 aromatic carbocycles. The van der Waals surface area contributed by atoms with Crippen molar-refractivity contribution in [3.63, 3.8) is 0 Å². The maximum atomic E-state index is 9.04. The summed E-state index contributed by atoms with van der Waals surface area (Å²) < 4.78 is 0. The molecule has 0 saturated heterocycles. The first-order valence-corrected chi connectivity index (χ1v) is 5.44. The second-order valence-corrected chi connectivity index (χ2v) is 4.09. The zero-order valence-electron chi connectivity index (χ0n) is 10.9. The first-order chi connectivity index (χ1) is 7.25. The Bertz CT molecular complexity index is 242. The number of hydrogen-bond acceptors (Lipinski definition) is 2. The Morgan fingerprint density at radius 2 is 1.69 bits per heavy atom. The van der Waals surface area contributed by atoms with E-state index in [4.69, 9.17) is 15.0 Å². The van der Waals surface area contributed by atoms with Gasteiger partial charge in [0, 0.05) is 6.92 Å².